The van der Waals surface area contributed by atoms with Crippen LogP contribution in [0.25, 0.3) is 11.0 Å². The maximum atomic E-state index is 12.7. The van der Waals surface area contributed by atoms with Crippen molar-refractivity contribution in [2.75, 3.05) is 6.61 Å². The maximum Gasteiger partial charge on any atom is 0.336 e. The minimum absolute atomic E-state index is 0.107. The number of ether oxygens (including phenoxy) is 1. The molecular weight excluding hydrogens is 352 g/mol. The molecule has 1 aromatic carbocycles. The van der Waals surface area contributed by atoms with Crippen molar-refractivity contribution in [3.8, 4) is 6.07 Å². The van der Waals surface area contributed by atoms with Gasteiger partial charge in [-0.05, 0) is 35.3 Å². The molecule has 2 N–H and O–H groups in total. The first-order chi connectivity index (χ1) is 13.0. The molecule has 0 amide bonds. The summed E-state index contributed by atoms with van der Waals surface area (Å²) in [4.78, 5) is 24.7. The Bertz CT molecular complexity index is 1030. The first-order valence-electron chi connectivity index (χ1n) is 8.23. The van der Waals surface area contributed by atoms with Crippen molar-refractivity contribution in [2.45, 2.75) is 26.2 Å². The number of hydrogen-bond acceptors (Lipinski definition) is 8. The number of nitriles is 1. The fourth-order valence-corrected chi connectivity index (χ4v) is 3.06. The summed E-state index contributed by atoms with van der Waals surface area (Å²) >= 11 is 0. The molecule has 27 heavy (non-hydrogen) atoms. The Balaban J connectivity index is 2.26. The summed E-state index contributed by atoms with van der Waals surface area (Å²) in [5.41, 5.74) is 1.16. The number of carboxylic acids is 1. The summed E-state index contributed by atoms with van der Waals surface area (Å²) in [6.07, 6.45) is 0.615. The molecule has 1 aliphatic rings. The van der Waals surface area contributed by atoms with E-state index in [1.807, 2.05) is 13.0 Å². The van der Waals surface area contributed by atoms with Crippen molar-refractivity contribution in [3.05, 3.63) is 46.3 Å². The zero-order chi connectivity index (χ0) is 19.6. The average molecular weight is 368 g/mol. The van der Waals surface area contributed by atoms with Crippen LogP contribution in [0.2, 0.25) is 0 Å². The van der Waals surface area contributed by atoms with Crippen LogP contribution in [0.4, 0.5) is 0 Å². The highest BCUT2D eigenvalue weighted by atomic mass is 16.6. The van der Waals surface area contributed by atoms with E-state index in [0.29, 0.717) is 28.7 Å². The highest BCUT2D eigenvalue weighted by Crippen LogP contribution is 2.40. The third kappa shape index (κ3) is 3.13. The van der Waals surface area contributed by atoms with E-state index in [4.69, 9.17) is 9.37 Å². The van der Waals surface area contributed by atoms with E-state index in [0.717, 1.165) is 0 Å². The number of fused-ring (bicyclic) bond motifs is 1. The van der Waals surface area contributed by atoms with Crippen LogP contribution in [0.5, 0.6) is 0 Å². The number of carbonyl (C=O) groups is 2. The topological polar surface area (TPSA) is 138 Å². The van der Waals surface area contributed by atoms with E-state index in [-0.39, 0.29) is 23.5 Å². The molecule has 0 saturated carbocycles. The molecule has 138 valence electrons. The molecule has 0 radical (unpaired) electrons. The van der Waals surface area contributed by atoms with Gasteiger partial charge in [-0.2, -0.15) is 5.26 Å². The minimum atomic E-state index is -1.33. The lowest BCUT2D eigenvalue weighted by Gasteiger charge is -2.28. The molecule has 1 aliphatic heterocycles. The van der Waals surface area contributed by atoms with Crippen molar-refractivity contribution in [1.29, 1.82) is 5.26 Å². The number of esters is 1. The van der Waals surface area contributed by atoms with Crippen LogP contribution in [0, 0.1) is 11.3 Å². The second kappa shape index (κ2) is 7.29. The summed E-state index contributed by atoms with van der Waals surface area (Å²) in [6.45, 7) is 3.63. The minimum Gasteiger partial charge on any atom is -0.478 e. The Labute approximate surface area is 153 Å². The second-order valence-corrected chi connectivity index (χ2v) is 5.92. The van der Waals surface area contributed by atoms with Gasteiger partial charge in [0, 0.05) is 5.70 Å². The van der Waals surface area contributed by atoms with Gasteiger partial charge in [0.2, 0.25) is 0 Å². The Morgan fingerprint density at radius 2 is 2.15 bits per heavy atom. The standard InChI is InChI=1S/C18H16N4O5/c1-3-7-26-18(25)13-9(2)20-12(8-19)15(17(23)24)14(13)10-5-4-6-11-16(10)22-27-21-11/h4-6,14,20H,3,7H2,1-2H3,(H,23,24). The lowest BCUT2D eigenvalue weighted by atomic mass is 9.80. The number of carboxylic acid groups (broad SMARTS) is 1. The van der Waals surface area contributed by atoms with E-state index >= 15 is 0 Å². The van der Waals surface area contributed by atoms with Gasteiger partial charge in [-0.15, -0.1) is 0 Å². The molecule has 1 aromatic heterocycles. The normalized spacial score (nSPS) is 16.9. The molecule has 2 aromatic rings. The van der Waals surface area contributed by atoms with Crippen LogP contribution < -0.4 is 5.32 Å². The maximum absolute atomic E-state index is 12.7. The molecule has 0 aliphatic carbocycles. The molecule has 9 nitrogen and oxygen atoms in total. The number of hydrogen-bond donors (Lipinski definition) is 2. The van der Waals surface area contributed by atoms with Crippen molar-refractivity contribution in [3.63, 3.8) is 0 Å². The van der Waals surface area contributed by atoms with Crippen molar-refractivity contribution < 1.29 is 24.1 Å². The van der Waals surface area contributed by atoms with Gasteiger partial charge in [0.05, 0.1) is 23.7 Å². The van der Waals surface area contributed by atoms with E-state index in [9.17, 15) is 20.0 Å². The highest BCUT2D eigenvalue weighted by Gasteiger charge is 2.39. The SMILES string of the molecule is CCCOC(=O)C1=C(C)NC(C#N)=C(C(=O)O)C1c1cccc2nonc12. The molecule has 2 heterocycles. The number of aliphatic carboxylic acids is 1. The predicted molar refractivity (Wildman–Crippen MR) is 91.9 cm³/mol. The summed E-state index contributed by atoms with van der Waals surface area (Å²) in [6, 6.07) is 6.78. The number of dihydropyridines is 1. The molecule has 3 rings (SSSR count). The molecule has 0 bridgehead atoms. The first-order valence-corrected chi connectivity index (χ1v) is 8.23. The lowest BCUT2D eigenvalue weighted by Crippen LogP contribution is -2.32. The van der Waals surface area contributed by atoms with Crippen LogP contribution in [0.1, 0.15) is 31.7 Å². The Kier molecular flexibility index (Phi) is 4.90. The first kappa shape index (κ1) is 18.1. The number of nitrogens with zero attached hydrogens (tertiary/aromatic N) is 3. The number of nitrogens with one attached hydrogen (secondary N) is 1. The number of aromatic nitrogens is 2. The second-order valence-electron chi connectivity index (χ2n) is 5.92. The lowest BCUT2D eigenvalue weighted by molar-refractivity contribution is -0.139. The van der Waals surface area contributed by atoms with E-state index < -0.39 is 17.9 Å². The fraction of sp³-hybridized carbons (Fsp3) is 0.278. The predicted octanol–water partition coefficient (Wildman–Crippen LogP) is 2.00. The monoisotopic (exact) mass is 368 g/mol. The molecule has 0 fully saturated rings. The number of rotatable bonds is 5. The molecular formula is C18H16N4O5. The summed E-state index contributed by atoms with van der Waals surface area (Å²) in [5, 5.41) is 29.5. The summed E-state index contributed by atoms with van der Waals surface area (Å²) in [7, 11) is 0. The van der Waals surface area contributed by atoms with Gasteiger partial charge in [-0.1, -0.05) is 19.1 Å². The van der Waals surface area contributed by atoms with Gasteiger partial charge in [-0.25, -0.2) is 14.2 Å². The van der Waals surface area contributed by atoms with Crippen LogP contribution >= 0.6 is 0 Å². The van der Waals surface area contributed by atoms with Gasteiger partial charge in [0.1, 0.15) is 22.8 Å². The molecule has 1 atom stereocenters. The number of benzene rings is 1. The average Bonchev–Trinajstić information content (AvgIpc) is 3.13. The highest BCUT2D eigenvalue weighted by molar-refractivity contribution is 6.01. The zero-order valence-corrected chi connectivity index (χ0v) is 14.6. The summed E-state index contributed by atoms with van der Waals surface area (Å²) in [5.74, 6) is -3.04. The number of carbonyl (C=O) groups excluding carboxylic acids is 1. The molecule has 9 heteroatoms. The Hall–Kier alpha value is -3.67. The van der Waals surface area contributed by atoms with Gasteiger partial charge in [0.15, 0.2) is 0 Å². The van der Waals surface area contributed by atoms with Gasteiger partial charge >= 0.3 is 11.9 Å². The van der Waals surface area contributed by atoms with Crippen LogP contribution in [-0.2, 0) is 14.3 Å². The zero-order valence-electron chi connectivity index (χ0n) is 14.6. The van der Waals surface area contributed by atoms with Crippen LogP contribution in [-0.4, -0.2) is 34.0 Å². The van der Waals surface area contributed by atoms with Crippen LogP contribution in [0.15, 0.2) is 45.4 Å². The van der Waals surface area contributed by atoms with Crippen molar-refractivity contribution in [1.82, 2.24) is 15.6 Å². The smallest absolute Gasteiger partial charge is 0.336 e. The quantitative estimate of drug-likeness (QED) is 0.758. The van der Waals surface area contributed by atoms with Gasteiger partial charge in [0.25, 0.3) is 0 Å². The fourth-order valence-electron chi connectivity index (χ4n) is 3.06. The molecule has 1 unspecified atom stereocenters. The largest absolute Gasteiger partial charge is 0.478 e. The molecule has 0 saturated heterocycles. The van der Waals surface area contributed by atoms with E-state index in [1.54, 1.807) is 25.1 Å². The van der Waals surface area contributed by atoms with Crippen LogP contribution in [0.3, 0.4) is 0 Å². The van der Waals surface area contributed by atoms with E-state index in [2.05, 4.69) is 15.6 Å². The van der Waals surface area contributed by atoms with Crippen molar-refractivity contribution >= 4 is 23.0 Å². The number of allylic oxidation sites excluding steroid dienone is 2. The third-order valence-corrected chi connectivity index (χ3v) is 4.19. The Morgan fingerprint density at radius 3 is 2.81 bits per heavy atom. The van der Waals surface area contributed by atoms with Gasteiger partial charge < -0.3 is 15.2 Å². The summed E-state index contributed by atoms with van der Waals surface area (Å²) < 4.78 is 10.0. The van der Waals surface area contributed by atoms with E-state index in [1.165, 1.54) is 0 Å². The van der Waals surface area contributed by atoms with Gasteiger partial charge in [-0.3, -0.25) is 0 Å². The third-order valence-electron chi connectivity index (χ3n) is 4.19. The van der Waals surface area contributed by atoms with Crippen molar-refractivity contribution in [2.24, 2.45) is 0 Å². The Morgan fingerprint density at radius 1 is 1.37 bits per heavy atom. The molecule has 0 spiro atoms.